The van der Waals surface area contributed by atoms with E-state index in [-0.39, 0.29) is 5.91 Å². The van der Waals surface area contributed by atoms with Gasteiger partial charge in [-0.2, -0.15) is 5.10 Å². The SMILES string of the molecule is O=C(Nc1cnn(Cc2ccc(Cl)cc2)c1)c1occ2c1CCOC2. The van der Waals surface area contributed by atoms with E-state index in [1.807, 2.05) is 24.3 Å². The zero-order valence-corrected chi connectivity index (χ0v) is 14.1. The van der Waals surface area contributed by atoms with Gasteiger partial charge in [-0.25, -0.2) is 0 Å². The van der Waals surface area contributed by atoms with Gasteiger partial charge in [0.2, 0.25) is 0 Å². The Bertz CT molecular complexity index is 899. The van der Waals surface area contributed by atoms with Gasteiger partial charge in [0, 0.05) is 28.8 Å². The van der Waals surface area contributed by atoms with Crippen LogP contribution in [0.4, 0.5) is 5.69 Å². The molecule has 0 radical (unpaired) electrons. The molecule has 3 heterocycles. The molecule has 0 fully saturated rings. The highest BCUT2D eigenvalue weighted by atomic mass is 35.5. The second-order valence-electron chi connectivity index (χ2n) is 5.88. The van der Waals surface area contributed by atoms with Gasteiger partial charge >= 0.3 is 0 Å². The molecular formula is C18H16ClN3O3. The predicted octanol–water partition coefficient (Wildman–Crippen LogP) is 3.50. The maximum absolute atomic E-state index is 12.5. The normalized spacial score (nSPS) is 13.5. The monoisotopic (exact) mass is 357 g/mol. The number of carbonyl (C=O) groups is 1. The molecule has 0 bridgehead atoms. The highest BCUT2D eigenvalue weighted by Gasteiger charge is 2.23. The quantitative estimate of drug-likeness (QED) is 0.775. The summed E-state index contributed by atoms with van der Waals surface area (Å²) in [4.78, 5) is 12.5. The Kier molecular flexibility index (Phi) is 4.29. The summed E-state index contributed by atoms with van der Waals surface area (Å²) >= 11 is 5.89. The number of carbonyl (C=O) groups excluding carboxylic acids is 1. The van der Waals surface area contributed by atoms with Crippen LogP contribution in [0, 0.1) is 0 Å². The molecule has 2 aromatic heterocycles. The van der Waals surface area contributed by atoms with Crippen LogP contribution in [0.25, 0.3) is 0 Å². The van der Waals surface area contributed by atoms with Crippen LogP contribution in [0.2, 0.25) is 5.02 Å². The second kappa shape index (κ2) is 6.74. The summed E-state index contributed by atoms with van der Waals surface area (Å²) in [7, 11) is 0. The third-order valence-corrected chi connectivity index (χ3v) is 4.34. The van der Waals surface area contributed by atoms with E-state index in [0.29, 0.717) is 42.6 Å². The summed E-state index contributed by atoms with van der Waals surface area (Å²) in [6.45, 7) is 1.69. The lowest BCUT2D eigenvalue weighted by atomic mass is 10.1. The van der Waals surface area contributed by atoms with Crippen molar-refractivity contribution in [3.8, 4) is 0 Å². The van der Waals surface area contributed by atoms with E-state index in [4.69, 9.17) is 20.8 Å². The van der Waals surface area contributed by atoms with E-state index >= 15 is 0 Å². The van der Waals surface area contributed by atoms with Crippen molar-refractivity contribution in [1.82, 2.24) is 9.78 Å². The topological polar surface area (TPSA) is 69.3 Å². The molecule has 7 heteroatoms. The maximum Gasteiger partial charge on any atom is 0.291 e. The number of amides is 1. The lowest BCUT2D eigenvalue weighted by molar-refractivity contribution is 0.0988. The third kappa shape index (κ3) is 3.45. The maximum atomic E-state index is 12.5. The van der Waals surface area contributed by atoms with Crippen LogP contribution in [0.5, 0.6) is 0 Å². The molecule has 1 N–H and O–H groups in total. The number of halogens is 1. The molecule has 6 nitrogen and oxygen atoms in total. The average molecular weight is 358 g/mol. The van der Waals surface area contributed by atoms with E-state index in [1.54, 1.807) is 23.3 Å². The number of rotatable bonds is 4. The Balaban J connectivity index is 1.45. The Hall–Kier alpha value is -2.57. The van der Waals surface area contributed by atoms with Gasteiger partial charge < -0.3 is 14.5 Å². The van der Waals surface area contributed by atoms with Gasteiger partial charge in [0.25, 0.3) is 5.91 Å². The van der Waals surface area contributed by atoms with Crippen LogP contribution >= 0.6 is 11.6 Å². The molecule has 3 aromatic rings. The summed E-state index contributed by atoms with van der Waals surface area (Å²) in [5.74, 6) is 0.0814. The number of ether oxygens (including phenoxy) is 1. The molecule has 1 aliphatic heterocycles. The van der Waals surface area contributed by atoms with Crippen LogP contribution in [0.15, 0.2) is 47.3 Å². The van der Waals surface area contributed by atoms with E-state index in [9.17, 15) is 4.79 Å². The number of fused-ring (bicyclic) bond motifs is 1. The van der Waals surface area contributed by atoms with E-state index in [1.165, 1.54) is 0 Å². The zero-order valence-electron chi connectivity index (χ0n) is 13.4. The number of hydrogen-bond donors (Lipinski definition) is 1. The number of hydrogen-bond acceptors (Lipinski definition) is 4. The Morgan fingerprint density at radius 1 is 1.32 bits per heavy atom. The summed E-state index contributed by atoms with van der Waals surface area (Å²) in [6, 6.07) is 7.57. The molecule has 1 aliphatic rings. The number of nitrogens with zero attached hydrogens (tertiary/aromatic N) is 2. The number of anilines is 1. The van der Waals surface area contributed by atoms with Crippen molar-refractivity contribution < 1.29 is 13.9 Å². The molecule has 4 rings (SSSR count). The van der Waals surface area contributed by atoms with Crippen molar-refractivity contribution in [1.29, 1.82) is 0 Å². The molecule has 0 saturated heterocycles. The Labute approximate surface area is 149 Å². The van der Waals surface area contributed by atoms with Crippen molar-refractivity contribution in [2.24, 2.45) is 0 Å². The number of furan rings is 1. The lowest BCUT2D eigenvalue weighted by Gasteiger charge is -2.11. The van der Waals surface area contributed by atoms with Gasteiger partial charge in [0.05, 0.1) is 37.9 Å². The van der Waals surface area contributed by atoms with Crippen LogP contribution in [0.1, 0.15) is 27.2 Å². The van der Waals surface area contributed by atoms with Gasteiger partial charge in [-0.1, -0.05) is 23.7 Å². The van der Waals surface area contributed by atoms with Gasteiger partial charge in [0.15, 0.2) is 5.76 Å². The second-order valence-corrected chi connectivity index (χ2v) is 6.31. The van der Waals surface area contributed by atoms with Crippen LogP contribution in [-0.4, -0.2) is 22.3 Å². The van der Waals surface area contributed by atoms with Gasteiger partial charge in [-0.15, -0.1) is 0 Å². The summed E-state index contributed by atoms with van der Waals surface area (Å²) < 4.78 is 12.5. The molecule has 128 valence electrons. The smallest absolute Gasteiger partial charge is 0.291 e. The van der Waals surface area contributed by atoms with Crippen LogP contribution in [-0.2, 0) is 24.3 Å². The number of benzene rings is 1. The molecule has 0 unspecified atom stereocenters. The highest BCUT2D eigenvalue weighted by Crippen LogP contribution is 2.23. The molecular weight excluding hydrogens is 342 g/mol. The lowest BCUT2D eigenvalue weighted by Crippen LogP contribution is -2.16. The fourth-order valence-corrected chi connectivity index (χ4v) is 2.97. The number of aromatic nitrogens is 2. The number of nitrogens with one attached hydrogen (secondary N) is 1. The first-order chi connectivity index (χ1) is 12.2. The summed E-state index contributed by atoms with van der Waals surface area (Å²) in [5, 5.41) is 7.80. The van der Waals surface area contributed by atoms with Crippen molar-refractivity contribution in [3.63, 3.8) is 0 Å². The first-order valence-corrected chi connectivity index (χ1v) is 8.32. The first-order valence-electron chi connectivity index (χ1n) is 7.94. The standard InChI is InChI=1S/C18H16ClN3O3/c19-14-3-1-12(2-4-14)8-22-9-15(7-20-22)21-18(23)17-16-5-6-24-10-13(16)11-25-17/h1-4,7,9,11H,5-6,8,10H2,(H,21,23). The Morgan fingerprint density at radius 3 is 3.00 bits per heavy atom. The van der Waals surface area contributed by atoms with E-state index < -0.39 is 0 Å². The highest BCUT2D eigenvalue weighted by molar-refractivity contribution is 6.30. The Morgan fingerprint density at radius 2 is 2.16 bits per heavy atom. The summed E-state index contributed by atoms with van der Waals surface area (Å²) in [6.07, 6.45) is 5.68. The van der Waals surface area contributed by atoms with Gasteiger partial charge in [0.1, 0.15) is 0 Å². The van der Waals surface area contributed by atoms with Crippen LogP contribution < -0.4 is 5.32 Å². The first kappa shape index (κ1) is 15.9. The van der Waals surface area contributed by atoms with E-state index in [2.05, 4.69) is 10.4 Å². The zero-order chi connectivity index (χ0) is 17.2. The van der Waals surface area contributed by atoms with Gasteiger partial charge in [-0.3, -0.25) is 9.48 Å². The average Bonchev–Trinajstić information content (AvgIpc) is 3.23. The third-order valence-electron chi connectivity index (χ3n) is 4.09. The minimum atomic E-state index is -0.269. The molecule has 0 atom stereocenters. The fraction of sp³-hybridized carbons (Fsp3) is 0.222. The summed E-state index contributed by atoms with van der Waals surface area (Å²) in [5.41, 5.74) is 3.56. The predicted molar refractivity (Wildman–Crippen MR) is 92.8 cm³/mol. The van der Waals surface area contributed by atoms with E-state index in [0.717, 1.165) is 16.7 Å². The van der Waals surface area contributed by atoms with Crippen molar-refractivity contribution >= 4 is 23.2 Å². The molecule has 0 aliphatic carbocycles. The van der Waals surface area contributed by atoms with Crippen molar-refractivity contribution in [2.45, 2.75) is 19.6 Å². The minimum Gasteiger partial charge on any atom is -0.458 e. The molecule has 1 amide bonds. The fourth-order valence-electron chi connectivity index (χ4n) is 2.84. The van der Waals surface area contributed by atoms with Crippen LogP contribution in [0.3, 0.4) is 0 Å². The molecule has 0 saturated carbocycles. The van der Waals surface area contributed by atoms with Crippen molar-refractivity contribution in [3.05, 3.63) is 70.4 Å². The van der Waals surface area contributed by atoms with Gasteiger partial charge in [-0.05, 0) is 17.7 Å². The molecule has 1 aromatic carbocycles. The van der Waals surface area contributed by atoms with Crippen molar-refractivity contribution in [2.75, 3.05) is 11.9 Å². The molecule has 0 spiro atoms. The molecule has 25 heavy (non-hydrogen) atoms. The minimum absolute atomic E-state index is 0.269. The largest absolute Gasteiger partial charge is 0.458 e.